The van der Waals surface area contributed by atoms with Gasteiger partial charge < -0.3 is 4.42 Å². The van der Waals surface area contributed by atoms with E-state index in [0.29, 0.717) is 10.0 Å². The largest absolute Gasteiger partial charge is 0.468 e. The molecule has 0 saturated heterocycles. The molecule has 0 spiro atoms. The lowest BCUT2D eigenvalue weighted by Crippen LogP contribution is -1.86. The van der Waals surface area contributed by atoms with Crippen molar-refractivity contribution in [2.45, 2.75) is 16.8 Å². The summed E-state index contributed by atoms with van der Waals surface area (Å²) in [6.45, 7) is 1.82. The van der Waals surface area contributed by atoms with Crippen molar-refractivity contribution >= 4 is 23.4 Å². The molecule has 0 atom stereocenters. The molecule has 2 nitrogen and oxygen atoms in total. The maximum atomic E-state index is 13.4. The molecule has 78 valence electrons. The number of aryl methyl sites for hydroxylation is 1. The average molecular weight is 244 g/mol. The highest BCUT2D eigenvalue weighted by Crippen LogP contribution is 2.31. The Bertz CT molecular complexity index is 486. The summed E-state index contributed by atoms with van der Waals surface area (Å²) in [7, 11) is 0. The van der Waals surface area contributed by atoms with Crippen molar-refractivity contribution in [1.29, 1.82) is 0 Å². The van der Waals surface area contributed by atoms with Crippen molar-refractivity contribution in [2.24, 2.45) is 0 Å². The number of hydrogen-bond acceptors (Lipinski definition) is 3. The highest BCUT2D eigenvalue weighted by Gasteiger charge is 2.09. The van der Waals surface area contributed by atoms with Crippen LogP contribution >= 0.6 is 23.4 Å². The van der Waals surface area contributed by atoms with E-state index in [4.69, 9.17) is 16.0 Å². The van der Waals surface area contributed by atoms with Crippen LogP contribution in [0.25, 0.3) is 0 Å². The molecular formula is C10H7ClFNOS. The average Bonchev–Trinajstić information content (AvgIpc) is 2.57. The maximum Gasteiger partial charge on any atom is 0.157 e. The van der Waals surface area contributed by atoms with Crippen molar-refractivity contribution in [3.05, 3.63) is 41.2 Å². The second-order valence-electron chi connectivity index (χ2n) is 2.88. The minimum absolute atomic E-state index is 0.292. The van der Waals surface area contributed by atoms with Crippen LogP contribution in [0.5, 0.6) is 0 Å². The summed E-state index contributed by atoms with van der Waals surface area (Å²) in [6.07, 6.45) is 2.98. The minimum atomic E-state index is -0.423. The van der Waals surface area contributed by atoms with Crippen LogP contribution in [-0.4, -0.2) is 4.98 Å². The summed E-state index contributed by atoms with van der Waals surface area (Å²) in [5.74, 6) is 0.323. The molecule has 2 aromatic rings. The third-order valence-corrected chi connectivity index (χ3v) is 3.14. The summed E-state index contributed by atoms with van der Waals surface area (Å²) in [6, 6.07) is 3.02. The Morgan fingerprint density at radius 2 is 2.33 bits per heavy atom. The zero-order chi connectivity index (χ0) is 10.8. The first-order chi connectivity index (χ1) is 7.16. The lowest BCUT2D eigenvalue weighted by atomic mass is 10.5. The van der Waals surface area contributed by atoms with Gasteiger partial charge in [0.05, 0.1) is 16.2 Å². The van der Waals surface area contributed by atoms with E-state index < -0.39 is 5.82 Å². The van der Waals surface area contributed by atoms with Crippen LogP contribution in [0.15, 0.2) is 38.9 Å². The van der Waals surface area contributed by atoms with Crippen LogP contribution in [0.4, 0.5) is 4.39 Å². The highest BCUT2D eigenvalue weighted by molar-refractivity contribution is 7.99. The number of rotatable bonds is 2. The van der Waals surface area contributed by atoms with Gasteiger partial charge in [0.1, 0.15) is 10.8 Å². The fourth-order valence-corrected chi connectivity index (χ4v) is 1.99. The topological polar surface area (TPSA) is 26.0 Å². The lowest BCUT2D eigenvalue weighted by Gasteiger charge is -2.00. The molecular weight excluding hydrogens is 237 g/mol. The normalized spacial score (nSPS) is 10.6. The third-order valence-electron chi connectivity index (χ3n) is 1.79. The molecule has 0 fully saturated rings. The molecule has 0 unspecified atom stereocenters. The second kappa shape index (κ2) is 4.24. The van der Waals surface area contributed by atoms with Crippen molar-refractivity contribution < 1.29 is 8.81 Å². The number of pyridine rings is 1. The van der Waals surface area contributed by atoms with Crippen molar-refractivity contribution in [1.82, 2.24) is 4.98 Å². The van der Waals surface area contributed by atoms with E-state index in [-0.39, 0.29) is 0 Å². The smallest absolute Gasteiger partial charge is 0.157 e. The van der Waals surface area contributed by atoms with E-state index in [1.54, 1.807) is 12.3 Å². The van der Waals surface area contributed by atoms with Gasteiger partial charge in [0.25, 0.3) is 0 Å². The van der Waals surface area contributed by atoms with E-state index in [0.717, 1.165) is 10.7 Å². The Kier molecular flexibility index (Phi) is 2.98. The molecule has 0 aromatic carbocycles. The molecule has 5 heteroatoms. The quantitative estimate of drug-likeness (QED) is 0.799. The molecule has 0 aliphatic carbocycles. The van der Waals surface area contributed by atoms with Gasteiger partial charge in [-0.25, -0.2) is 9.37 Å². The van der Waals surface area contributed by atoms with Gasteiger partial charge in [-0.05, 0) is 19.1 Å². The monoisotopic (exact) mass is 243 g/mol. The summed E-state index contributed by atoms with van der Waals surface area (Å²) in [5.41, 5.74) is 0. The van der Waals surface area contributed by atoms with Gasteiger partial charge >= 0.3 is 0 Å². The molecule has 2 heterocycles. The molecule has 0 bridgehead atoms. The third kappa shape index (κ3) is 2.33. The van der Waals surface area contributed by atoms with Crippen LogP contribution in [-0.2, 0) is 0 Å². The van der Waals surface area contributed by atoms with Crippen molar-refractivity contribution in [2.75, 3.05) is 0 Å². The van der Waals surface area contributed by atoms with Gasteiger partial charge in [0, 0.05) is 6.20 Å². The predicted molar refractivity (Wildman–Crippen MR) is 56.8 cm³/mol. The van der Waals surface area contributed by atoms with E-state index >= 15 is 0 Å². The molecule has 0 N–H and O–H groups in total. The first-order valence-corrected chi connectivity index (χ1v) is 5.39. The van der Waals surface area contributed by atoms with Gasteiger partial charge in [-0.3, -0.25) is 0 Å². The molecule has 0 radical (unpaired) electrons. The van der Waals surface area contributed by atoms with Gasteiger partial charge in [0.2, 0.25) is 0 Å². The lowest BCUT2D eigenvalue weighted by molar-refractivity contribution is 0.526. The van der Waals surface area contributed by atoms with E-state index in [1.165, 1.54) is 24.0 Å². The first kappa shape index (κ1) is 10.5. The minimum Gasteiger partial charge on any atom is -0.468 e. The standard InChI is InChI=1S/C10H7ClFNOS/c1-6-9(2-3-14-6)15-10-8(12)4-7(11)5-13-10/h2-5H,1H3. The van der Waals surface area contributed by atoms with Crippen molar-refractivity contribution in [3.63, 3.8) is 0 Å². The maximum absolute atomic E-state index is 13.4. The van der Waals surface area contributed by atoms with Gasteiger partial charge in [-0.2, -0.15) is 0 Å². The molecule has 0 saturated carbocycles. The van der Waals surface area contributed by atoms with Crippen LogP contribution in [0.3, 0.4) is 0 Å². The Morgan fingerprint density at radius 1 is 1.53 bits per heavy atom. The zero-order valence-electron chi connectivity index (χ0n) is 7.83. The second-order valence-corrected chi connectivity index (χ2v) is 4.35. The summed E-state index contributed by atoms with van der Waals surface area (Å²) >= 11 is 6.82. The van der Waals surface area contributed by atoms with E-state index in [1.807, 2.05) is 6.92 Å². The van der Waals surface area contributed by atoms with Crippen LogP contribution in [0.1, 0.15) is 5.76 Å². The Morgan fingerprint density at radius 3 is 2.93 bits per heavy atom. The van der Waals surface area contributed by atoms with E-state index in [9.17, 15) is 4.39 Å². The molecule has 15 heavy (non-hydrogen) atoms. The molecule has 2 aromatic heterocycles. The molecule has 0 aliphatic heterocycles. The number of halogens is 2. The van der Waals surface area contributed by atoms with Crippen LogP contribution in [0.2, 0.25) is 5.02 Å². The predicted octanol–water partition coefficient (Wildman–Crippen LogP) is 3.93. The fourth-order valence-electron chi connectivity index (χ4n) is 1.06. The molecule has 0 amide bonds. The van der Waals surface area contributed by atoms with E-state index in [2.05, 4.69) is 4.98 Å². The van der Waals surface area contributed by atoms with Gasteiger partial charge in [0.15, 0.2) is 5.82 Å². The van der Waals surface area contributed by atoms with Crippen LogP contribution < -0.4 is 0 Å². The number of furan rings is 1. The SMILES string of the molecule is Cc1occc1Sc1ncc(Cl)cc1F. The fraction of sp³-hybridized carbons (Fsp3) is 0.100. The van der Waals surface area contributed by atoms with Crippen LogP contribution in [0, 0.1) is 12.7 Å². The number of aromatic nitrogens is 1. The molecule has 2 rings (SSSR count). The zero-order valence-corrected chi connectivity index (χ0v) is 9.40. The summed E-state index contributed by atoms with van der Waals surface area (Å²) in [4.78, 5) is 4.76. The Labute approximate surface area is 95.5 Å². The van der Waals surface area contributed by atoms with Crippen molar-refractivity contribution in [3.8, 4) is 0 Å². The van der Waals surface area contributed by atoms with Gasteiger partial charge in [-0.15, -0.1) is 0 Å². The first-order valence-electron chi connectivity index (χ1n) is 4.20. The summed E-state index contributed by atoms with van der Waals surface area (Å²) < 4.78 is 18.5. The number of nitrogens with zero attached hydrogens (tertiary/aromatic N) is 1. The summed E-state index contributed by atoms with van der Waals surface area (Å²) in [5, 5.41) is 0.588. The van der Waals surface area contributed by atoms with Gasteiger partial charge in [-0.1, -0.05) is 23.4 Å². The Balaban J connectivity index is 2.29. The Hall–Kier alpha value is -1.00. The number of hydrogen-bond donors (Lipinski definition) is 0. The molecule has 0 aliphatic rings. The highest BCUT2D eigenvalue weighted by atomic mass is 35.5.